The van der Waals surface area contributed by atoms with Gasteiger partial charge in [-0.2, -0.15) is 5.10 Å². The highest BCUT2D eigenvalue weighted by molar-refractivity contribution is 7.18. The smallest absolute Gasteiger partial charge is 0.265 e. The van der Waals surface area contributed by atoms with Crippen LogP contribution in [0.5, 0.6) is 0 Å². The summed E-state index contributed by atoms with van der Waals surface area (Å²) in [6.07, 6.45) is 3.85. The summed E-state index contributed by atoms with van der Waals surface area (Å²) in [5, 5.41) is 24.7. The Hall–Kier alpha value is -2.71. The molecule has 0 saturated heterocycles. The van der Waals surface area contributed by atoms with E-state index in [1.54, 1.807) is 18.3 Å². The molecule has 3 aromatic rings. The molecule has 3 heterocycles. The standard InChI is InChI=1S/C21H21FN4O2S/c1-12-15(11-23-26-12)17-10-16-18(29-17)19(27)25-21(24-16)8-6-20(28,7-9-21)13-2-4-14(22)5-3-13/h2-5,10-11,24,28H,6-9H2,1H3,(H,23,26)(H,25,27). The van der Waals surface area contributed by atoms with Gasteiger partial charge in [0.2, 0.25) is 0 Å². The van der Waals surface area contributed by atoms with E-state index in [1.165, 1.54) is 23.5 Å². The summed E-state index contributed by atoms with van der Waals surface area (Å²) >= 11 is 1.44. The molecule has 1 aliphatic heterocycles. The van der Waals surface area contributed by atoms with Crippen LogP contribution < -0.4 is 10.6 Å². The first-order chi connectivity index (χ1) is 13.9. The summed E-state index contributed by atoms with van der Waals surface area (Å²) in [5.74, 6) is -0.414. The molecular weight excluding hydrogens is 391 g/mol. The van der Waals surface area contributed by atoms with Crippen LogP contribution in [0.1, 0.15) is 46.6 Å². The van der Waals surface area contributed by atoms with E-state index in [9.17, 15) is 14.3 Å². The van der Waals surface area contributed by atoms with Gasteiger partial charge in [0.25, 0.3) is 5.91 Å². The normalized spacial score (nSPS) is 26.1. The minimum absolute atomic E-state index is 0.0941. The third kappa shape index (κ3) is 3.03. The molecule has 29 heavy (non-hydrogen) atoms. The summed E-state index contributed by atoms with van der Waals surface area (Å²) < 4.78 is 13.2. The highest BCUT2D eigenvalue weighted by Crippen LogP contribution is 2.45. The van der Waals surface area contributed by atoms with Crippen molar-refractivity contribution in [2.45, 2.75) is 43.9 Å². The van der Waals surface area contributed by atoms with Crippen LogP contribution in [-0.4, -0.2) is 26.9 Å². The summed E-state index contributed by atoms with van der Waals surface area (Å²) in [6, 6.07) is 8.01. The fraction of sp³-hybridized carbons (Fsp3) is 0.333. The number of aromatic nitrogens is 2. The number of thiophene rings is 1. The number of rotatable bonds is 2. The number of amides is 1. The molecule has 1 aliphatic carbocycles. The van der Waals surface area contributed by atoms with Gasteiger partial charge in [-0.05, 0) is 56.4 Å². The Morgan fingerprint density at radius 3 is 2.52 bits per heavy atom. The Bertz CT molecular complexity index is 1080. The van der Waals surface area contributed by atoms with E-state index in [4.69, 9.17) is 0 Å². The lowest BCUT2D eigenvalue weighted by Gasteiger charge is -2.47. The van der Waals surface area contributed by atoms with E-state index < -0.39 is 11.3 Å². The highest BCUT2D eigenvalue weighted by Gasteiger charge is 2.46. The van der Waals surface area contributed by atoms with Crippen molar-refractivity contribution in [3.8, 4) is 10.4 Å². The van der Waals surface area contributed by atoms with Crippen molar-refractivity contribution >= 4 is 22.9 Å². The van der Waals surface area contributed by atoms with Crippen LogP contribution in [-0.2, 0) is 5.60 Å². The lowest BCUT2D eigenvalue weighted by atomic mass is 9.74. The van der Waals surface area contributed by atoms with Crippen molar-refractivity contribution in [3.05, 3.63) is 58.5 Å². The predicted molar refractivity (Wildman–Crippen MR) is 109 cm³/mol. The molecule has 1 saturated carbocycles. The fourth-order valence-electron chi connectivity index (χ4n) is 4.34. The van der Waals surface area contributed by atoms with E-state index in [1.807, 2.05) is 13.0 Å². The Kier molecular flexibility index (Phi) is 4.04. The average molecular weight is 412 g/mol. The van der Waals surface area contributed by atoms with Gasteiger partial charge in [-0.1, -0.05) is 12.1 Å². The Labute approximate surface area is 171 Å². The third-order valence-electron chi connectivity index (χ3n) is 6.07. The van der Waals surface area contributed by atoms with E-state index >= 15 is 0 Å². The number of aliphatic hydroxyl groups is 1. The molecule has 1 amide bonds. The molecule has 0 unspecified atom stereocenters. The van der Waals surface area contributed by atoms with Gasteiger partial charge in [-0.15, -0.1) is 11.3 Å². The second-order valence-corrected chi connectivity index (χ2v) is 9.01. The number of aromatic amines is 1. The molecule has 1 fully saturated rings. The number of aryl methyl sites for hydroxylation is 1. The Balaban J connectivity index is 1.39. The van der Waals surface area contributed by atoms with Gasteiger partial charge in [-0.25, -0.2) is 4.39 Å². The van der Waals surface area contributed by atoms with Crippen LogP contribution in [0.4, 0.5) is 10.1 Å². The van der Waals surface area contributed by atoms with Crippen LogP contribution in [0, 0.1) is 12.7 Å². The van der Waals surface area contributed by atoms with Crippen molar-refractivity contribution in [1.29, 1.82) is 0 Å². The van der Waals surface area contributed by atoms with E-state index in [-0.39, 0.29) is 11.7 Å². The number of benzene rings is 1. The maximum atomic E-state index is 13.2. The van der Waals surface area contributed by atoms with E-state index in [0.717, 1.165) is 21.8 Å². The molecule has 0 radical (unpaired) electrons. The topological polar surface area (TPSA) is 90.0 Å². The summed E-state index contributed by atoms with van der Waals surface area (Å²) in [5.41, 5.74) is 1.88. The number of hydrogen-bond acceptors (Lipinski definition) is 5. The van der Waals surface area contributed by atoms with Crippen LogP contribution in [0.25, 0.3) is 10.4 Å². The maximum Gasteiger partial charge on any atom is 0.265 e. The molecule has 8 heteroatoms. The number of H-pyrrole nitrogens is 1. The molecule has 2 aromatic heterocycles. The number of halogens is 1. The molecule has 1 aromatic carbocycles. The van der Waals surface area contributed by atoms with Crippen LogP contribution >= 0.6 is 11.3 Å². The number of anilines is 1. The lowest BCUT2D eigenvalue weighted by Crippen LogP contribution is -2.60. The van der Waals surface area contributed by atoms with Crippen molar-refractivity contribution < 1.29 is 14.3 Å². The van der Waals surface area contributed by atoms with Crippen molar-refractivity contribution in [3.63, 3.8) is 0 Å². The maximum absolute atomic E-state index is 13.2. The molecule has 150 valence electrons. The molecular formula is C21H21FN4O2S. The van der Waals surface area contributed by atoms with Gasteiger partial charge in [0.05, 0.1) is 17.5 Å². The molecule has 4 N–H and O–H groups in total. The molecule has 6 nitrogen and oxygen atoms in total. The zero-order valence-corrected chi connectivity index (χ0v) is 16.7. The zero-order chi connectivity index (χ0) is 20.2. The van der Waals surface area contributed by atoms with Crippen molar-refractivity contribution in [2.24, 2.45) is 0 Å². The van der Waals surface area contributed by atoms with Crippen molar-refractivity contribution in [2.75, 3.05) is 5.32 Å². The fourth-order valence-corrected chi connectivity index (χ4v) is 5.41. The first kappa shape index (κ1) is 18.3. The highest BCUT2D eigenvalue weighted by atomic mass is 32.1. The summed E-state index contributed by atoms with van der Waals surface area (Å²) in [4.78, 5) is 14.5. The molecule has 5 rings (SSSR count). The molecule has 2 aliphatic rings. The van der Waals surface area contributed by atoms with E-state index in [2.05, 4.69) is 20.8 Å². The van der Waals surface area contributed by atoms with Gasteiger partial charge in [0.1, 0.15) is 16.4 Å². The predicted octanol–water partition coefficient (Wildman–Crippen LogP) is 3.90. The second-order valence-electron chi connectivity index (χ2n) is 7.96. The van der Waals surface area contributed by atoms with Gasteiger partial charge >= 0.3 is 0 Å². The molecule has 0 atom stereocenters. The minimum atomic E-state index is -1.01. The first-order valence-corrected chi connectivity index (χ1v) is 10.4. The van der Waals surface area contributed by atoms with Crippen LogP contribution in [0.15, 0.2) is 36.5 Å². The number of nitrogens with zero attached hydrogens (tertiary/aromatic N) is 1. The second kappa shape index (κ2) is 6.40. The van der Waals surface area contributed by atoms with Crippen molar-refractivity contribution in [1.82, 2.24) is 15.5 Å². The number of carbonyl (C=O) groups excluding carboxylic acids is 1. The monoisotopic (exact) mass is 412 g/mol. The Morgan fingerprint density at radius 1 is 1.14 bits per heavy atom. The quantitative estimate of drug-likeness (QED) is 0.514. The summed E-state index contributed by atoms with van der Waals surface area (Å²) in [7, 11) is 0. The molecule has 1 spiro atoms. The number of carbonyl (C=O) groups is 1. The average Bonchev–Trinajstić information content (AvgIpc) is 3.31. The largest absolute Gasteiger partial charge is 0.385 e. The number of fused-ring (bicyclic) bond motifs is 1. The SMILES string of the molecule is Cc1[nH]ncc1-c1cc2c(s1)C(=O)NC1(CCC(O)(c3ccc(F)cc3)CC1)N2. The van der Waals surface area contributed by atoms with Gasteiger partial charge in [-0.3, -0.25) is 9.89 Å². The van der Waals surface area contributed by atoms with Gasteiger partial charge in [0.15, 0.2) is 0 Å². The lowest BCUT2D eigenvalue weighted by molar-refractivity contribution is -0.0213. The third-order valence-corrected chi connectivity index (χ3v) is 7.24. The number of hydrogen-bond donors (Lipinski definition) is 4. The van der Waals surface area contributed by atoms with E-state index in [0.29, 0.717) is 36.1 Å². The zero-order valence-electron chi connectivity index (χ0n) is 15.9. The van der Waals surface area contributed by atoms with Crippen LogP contribution in [0.3, 0.4) is 0 Å². The number of nitrogens with one attached hydrogen (secondary N) is 3. The first-order valence-electron chi connectivity index (χ1n) is 9.61. The van der Waals surface area contributed by atoms with Gasteiger partial charge in [0, 0.05) is 16.1 Å². The summed E-state index contributed by atoms with van der Waals surface area (Å²) in [6.45, 7) is 1.95. The minimum Gasteiger partial charge on any atom is -0.385 e. The van der Waals surface area contributed by atoms with Gasteiger partial charge < -0.3 is 15.7 Å². The van der Waals surface area contributed by atoms with Crippen LogP contribution in [0.2, 0.25) is 0 Å². The Morgan fingerprint density at radius 2 is 1.86 bits per heavy atom. The molecule has 0 bridgehead atoms.